The van der Waals surface area contributed by atoms with Gasteiger partial charge in [-0.25, -0.2) is 4.57 Å². The molecule has 0 radical (unpaired) electrons. The van der Waals surface area contributed by atoms with Crippen LogP contribution in [0.4, 0.5) is 5.13 Å². The predicted molar refractivity (Wildman–Crippen MR) is 74.9 cm³/mol. The molecule has 114 valence electrons. The van der Waals surface area contributed by atoms with Gasteiger partial charge < -0.3 is 4.74 Å². The maximum Gasteiger partial charge on any atom is 0.331 e. The number of thiazole rings is 1. The molecule has 0 spiro atoms. The molecular formula is C11H19N2O5S2+. The number of rotatable bonds is 8. The molecule has 20 heavy (non-hydrogen) atoms. The molecule has 0 atom stereocenters. The topological polar surface area (TPSA) is 111 Å². The number of unbranched alkanes of at least 4 members (excludes halogenated alkanes) is 1. The highest BCUT2D eigenvalue weighted by atomic mass is 32.2. The molecule has 0 bridgehead atoms. The fourth-order valence-electron chi connectivity index (χ4n) is 1.70. The van der Waals surface area contributed by atoms with Crippen LogP contribution >= 0.6 is 11.3 Å². The van der Waals surface area contributed by atoms with Gasteiger partial charge in [-0.3, -0.25) is 15.1 Å². The van der Waals surface area contributed by atoms with Gasteiger partial charge in [-0.15, -0.1) is 0 Å². The van der Waals surface area contributed by atoms with Crippen molar-refractivity contribution in [2.45, 2.75) is 32.7 Å². The van der Waals surface area contributed by atoms with Crippen LogP contribution in [0.2, 0.25) is 0 Å². The van der Waals surface area contributed by atoms with Gasteiger partial charge in [0.1, 0.15) is 12.1 Å². The van der Waals surface area contributed by atoms with Gasteiger partial charge in [0.15, 0.2) is 0 Å². The van der Waals surface area contributed by atoms with Crippen molar-refractivity contribution in [3.63, 3.8) is 0 Å². The molecule has 0 aliphatic rings. The molecule has 0 amide bonds. The summed E-state index contributed by atoms with van der Waals surface area (Å²) in [5.74, 6) is -0.595. The summed E-state index contributed by atoms with van der Waals surface area (Å²) in [7, 11) is -3.92. The summed E-state index contributed by atoms with van der Waals surface area (Å²) in [6, 6.07) is 0. The molecule has 3 N–H and O–H groups in total. The third-order valence-electron chi connectivity index (χ3n) is 2.59. The predicted octanol–water partition coefficient (Wildman–Crippen LogP) is 0.391. The normalized spacial score (nSPS) is 11.5. The molecule has 7 nitrogen and oxygen atoms in total. The van der Waals surface area contributed by atoms with E-state index in [0.717, 1.165) is 5.69 Å². The molecule has 0 saturated heterocycles. The first-order chi connectivity index (χ1) is 9.33. The first-order valence-electron chi connectivity index (χ1n) is 6.20. The molecule has 0 aliphatic heterocycles. The number of ether oxygens (including phenoxy) is 1. The average molecular weight is 323 g/mol. The Morgan fingerprint density at radius 2 is 2.20 bits per heavy atom. The van der Waals surface area contributed by atoms with E-state index in [2.05, 4.69) is 0 Å². The van der Waals surface area contributed by atoms with Crippen LogP contribution in [0.15, 0.2) is 5.38 Å². The van der Waals surface area contributed by atoms with E-state index in [1.165, 1.54) is 11.3 Å². The van der Waals surface area contributed by atoms with Crippen LogP contribution in [-0.4, -0.2) is 31.3 Å². The lowest BCUT2D eigenvalue weighted by Gasteiger charge is -2.04. The van der Waals surface area contributed by atoms with Crippen LogP contribution in [0, 0.1) is 0 Å². The van der Waals surface area contributed by atoms with Crippen molar-refractivity contribution in [2.75, 3.05) is 18.1 Å². The Morgan fingerprint density at radius 3 is 2.80 bits per heavy atom. The van der Waals surface area contributed by atoms with E-state index >= 15 is 0 Å². The van der Waals surface area contributed by atoms with E-state index in [1.807, 2.05) is 0 Å². The summed E-state index contributed by atoms with van der Waals surface area (Å²) in [4.78, 5) is 11.5. The summed E-state index contributed by atoms with van der Waals surface area (Å²) >= 11 is 1.32. The Kier molecular flexibility index (Phi) is 6.37. The van der Waals surface area contributed by atoms with Crippen LogP contribution in [0.3, 0.4) is 0 Å². The maximum atomic E-state index is 11.5. The molecular weight excluding hydrogens is 304 g/mol. The number of carbonyl (C=O) groups is 1. The largest absolute Gasteiger partial charge is 0.466 e. The molecule has 0 aliphatic carbocycles. The van der Waals surface area contributed by atoms with E-state index in [-0.39, 0.29) is 18.1 Å². The minimum atomic E-state index is -3.92. The Bertz CT molecular complexity index is 553. The lowest BCUT2D eigenvalue weighted by atomic mass is 10.3. The van der Waals surface area contributed by atoms with Gasteiger partial charge >= 0.3 is 11.1 Å². The highest BCUT2D eigenvalue weighted by Crippen LogP contribution is 2.11. The molecule has 1 heterocycles. The standard InChI is InChI=1S/C11H18N2O5S2/c1-2-18-10(14)7-9-8-19-11(12)13(9)5-3-4-6-20(15,16)17/h8,12H,2-7H2,1H3,(H,15,16,17)/p+1. The molecule has 1 aromatic rings. The number of nitrogens with zero attached hydrogens (tertiary/aromatic N) is 1. The third kappa shape index (κ3) is 5.85. The van der Waals surface area contributed by atoms with Crippen molar-refractivity contribution in [1.29, 1.82) is 0 Å². The third-order valence-corrected chi connectivity index (χ3v) is 4.25. The Morgan fingerprint density at radius 1 is 1.50 bits per heavy atom. The first kappa shape index (κ1) is 16.9. The van der Waals surface area contributed by atoms with E-state index in [0.29, 0.717) is 31.1 Å². The van der Waals surface area contributed by atoms with Crippen molar-refractivity contribution in [1.82, 2.24) is 0 Å². The zero-order valence-electron chi connectivity index (χ0n) is 11.2. The Balaban J connectivity index is 2.56. The fourth-order valence-corrected chi connectivity index (χ4v) is 3.07. The average Bonchev–Trinajstić information content (AvgIpc) is 2.65. The summed E-state index contributed by atoms with van der Waals surface area (Å²) in [5, 5.41) is 2.34. The maximum absolute atomic E-state index is 11.5. The summed E-state index contributed by atoms with van der Waals surface area (Å²) in [6.45, 7) is 2.57. The zero-order chi connectivity index (χ0) is 15.2. The minimum Gasteiger partial charge on any atom is -0.466 e. The first-order valence-corrected chi connectivity index (χ1v) is 8.69. The van der Waals surface area contributed by atoms with Gasteiger partial charge in [-0.2, -0.15) is 8.42 Å². The molecule has 0 saturated carbocycles. The highest BCUT2D eigenvalue weighted by Gasteiger charge is 2.18. The van der Waals surface area contributed by atoms with Gasteiger partial charge in [0.05, 0.1) is 18.9 Å². The Labute approximate surface area is 122 Å². The van der Waals surface area contributed by atoms with Crippen molar-refractivity contribution in [3.05, 3.63) is 11.1 Å². The van der Waals surface area contributed by atoms with Crippen LogP contribution in [0.1, 0.15) is 25.5 Å². The molecule has 1 aromatic heterocycles. The molecule has 1 rings (SSSR count). The second-order valence-electron chi connectivity index (χ2n) is 4.19. The lowest BCUT2D eigenvalue weighted by molar-refractivity contribution is -0.685. The molecule has 0 fully saturated rings. The van der Waals surface area contributed by atoms with E-state index < -0.39 is 10.1 Å². The summed E-state index contributed by atoms with van der Waals surface area (Å²) < 4.78 is 36.5. The van der Waals surface area contributed by atoms with Crippen molar-refractivity contribution < 1.29 is 27.1 Å². The number of aromatic nitrogens is 1. The Hall–Kier alpha value is -1.19. The van der Waals surface area contributed by atoms with Gasteiger partial charge in [0, 0.05) is 5.38 Å². The number of hydrogen-bond donors (Lipinski definition) is 2. The van der Waals surface area contributed by atoms with Gasteiger partial charge in [-0.1, -0.05) is 11.3 Å². The zero-order valence-corrected chi connectivity index (χ0v) is 12.9. The molecule has 0 aromatic carbocycles. The van der Waals surface area contributed by atoms with E-state index in [9.17, 15) is 13.2 Å². The van der Waals surface area contributed by atoms with E-state index in [4.69, 9.17) is 15.0 Å². The lowest BCUT2D eigenvalue weighted by Crippen LogP contribution is -2.39. The molecule has 9 heteroatoms. The van der Waals surface area contributed by atoms with Crippen LogP contribution in [0.25, 0.3) is 0 Å². The minimum absolute atomic E-state index is 0.139. The second kappa shape index (κ2) is 7.55. The van der Waals surface area contributed by atoms with Crippen LogP contribution in [-0.2, 0) is 32.6 Å². The van der Waals surface area contributed by atoms with Crippen LogP contribution in [0.5, 0.6) is 0 Å². The number of nitrogen functional groups attached to an aromatic ring is 1. The van der Waals surface area contributed by atoms with Gasteiger partial charge in [-0.05, 0) is 19.8 Å². The second-order valence-corrected chi connectivity index (χ2v) is 6.65. The number of esters is 1. The number of hydrogen-bond acceptors (Lipinski definition) is 6. The molecule has 0 unspecified atom stereocenters. The van der Waals surface area contributed by atoms with Crippen LogP contribution < -0.4 is 10.3 Å². The van der Waals surface area contributed by atoms with Crippen molar-refractivity contribution in [3.8, 4) is 0 Å². The van der Waals surface area contributed by atoms with Crippen molar-refractivity contribution in [2.24, 2.45) is 0 Å². The summed E-state index contributed by atoms with van der Waals surface area (Å²) in [6.07, 6.45) is 1.01. The summed E-state index contributed by atoms with van der Waals surface area (Å²) in [5.41, 5.74) is 6.57. The SMILES string of the molecule is CCOC(=O)Cc1csc(N)[n+]1CCCCS(=O)(=O)O. The number of nitrogens with two attached hydrogens (primary N) is 1. The fraction of sp³-hybridized carbons (Fsp3) is 0.636. The highest BCUT2D eigenvalue weighted by molar-refractivity contribution is 7.85. The smallest absolute Gasteiger partial charge is 0.331 e. The van der Waals surface area contributed by atoms with Gasteiger partial charge in [0.25, 0.3) is 10.1 Å². The quantitative estimate of drug-likeness (QED) is 0.310. The number of carbonyl (C=O) groups excluding carboxylic acids is 1. The number of anilines is 1. The van der Waals surface area contributed by atoms with E-state index in [1.54, 1.807) is 16.9 Å². The van der Waals surface area contributed by atoms with Crippen molar-refractivity contribution >= 4 is 32.6 Å². The monoisotopic (exact) mass is 323 g/mol. The van der Waals surface area contributed by atoms with Gasteiger partial charge in [0.2, 0.25) is 0 Å².